The molecule has 0 saturated heterocycles. The number of rotatable bonds is 3. The van der Waals surface area contributed by atoms with E-state index in [1.807, 2.05) is 35.2 Å². The molecule has 1 heterocycles. The zero-order valence-corrected chi connectivity index (χ0v) is 7.37. The first-order valence-corrected chi connectivity index (χ1v) is 3.51. The lowest BCUT2D eigenvalue weighted by Crippen LogP contribution is -3.00. The van der Waals surface area contributed by atoms with Crippen LogP contribution in [-0.2, 0) is 11.3 Å². The number of nitrogens with zero attached hydrogens (tertiary/aromatic N) is 1. The fraction of sp³-hybridized carbons (Fsp3) is 0.250. The molecular formula is C8H11ClN2O. The monoisotopic (exact) mass is 186 g/mol. The molecule has 1 rings (SSSR count). The molecule has 0 aliphatic heterocycles. The summed E-state index contributed by atoms with van der Waals surface area (Å²) in [6, 6.07) is 5.77. The van der Waals surface area contributed by atoms with Gasteiger partial charge >= 0.3 is 0 Å². The van der Waals surface area contributed by atoms with E-state index in [1.165, 1.54) is 0 Å². The molecule has 0 unspecified atom stereocenters. The van der Waals surface area contributed by atoms with E-state index in [9.17, 15) is 4.79 Å². The molecule has 3 nitrogen and oxygen atoms in total. The summed E-state index contributed by atoms with van der Waals surface area (Å²) < 4.78 is 1.92. The molecule has 1 aromatic rings. The van der Waals surface area contributed by atoms with Crippen LogP contribution in [0.25, 0.3) is 0 Å². The Morgan fingerprint density at radius 1 is 1.25 bits per heavy atom. The number of hydrogen-bond acceptors (Lipinski definition) is 1. The van der Waals surface area contributed by atoms with Gasteiger partial charge in [-0.05, 0) is 0 Å². The topological polar surface area (TPSA) is 47.0 Å². The van der Waals surface area contributed by atoms with Crippen LogP contribution in [-0.4, -0.2) is 5.91 Å². The number of carbonyl (C=O) groups excluding carboxylic acids is 1. The maximum atomic E-state index is 10.4. The van der Waals surface area contributed by atoms with E-state index in [4.69, 9.17) is 5.73 Å². The van der Waals surface area contributed by atoms with Crippen LogP contribution >= 0.6 is 0 Å². The number of primary amides is 1. The largest absolute Gasteiger partial charge is 1.00 e. The van der Waals surface area contributed by atoms with Gasteiger partial charge in [-0.15, -0.1) is 0 Å². The van der Waals surface area contributed by atoms with E-state index in [0.29, 0.717) is 13.0 Å². The van der Waals surface area contributed by atoms with Crippen molar-refractivity contribution in [3.8, 4) is 0 Å². The third kappa shape index (κ3) is 3.93. The van der Waals surface area contributed by atoms with E-state index in [0.717, 1.165) is 0 Å². The molecule has 1 amide bonds. The van der Waals surface area contributed by atoms with Crippen LogP contribution in [0.2, 0.25) is 0 Å². The lowest BCUT2D eigenvalue weighted by atomic mass is 10.4. The second-order valence-electron chi connectivity index (χ2n) is 2.33. The molecule has 0 aromatic carbocycles. The average molecular weight is 187 g/mol. The Morgan fingerprint density at radius 3 is 2.33 bits per heavy atom. The van der Waals surface area contributed by atoms with Crippen LogP contribution in [0.4, 0.5) is 0 Å². The van der Waals surface area contributed by atoms with Crippen LogP contribution in [0.5, 0.6) is 0 Å². The van der Waals surface area contributed by atoms with Crippen LogP contribution in [0.1, 0.15) is 6.42 Å². The SMILES string of the molecule is NC(=O)CC[n+]1ccccc1.[Cl-]. The van der Waals surface area contributed by atoms with E-state index in [-0.39, 0.29) is 18.3 Å². The number of amides is 1. The maximum absolute atomic E-state index is 10.4. The van der Waals surface area contributed by atoms with Gasteiger partial charge in [0.25, 0.3) is 0 Å². The van der Waals surface area contributed by atoms with E-state index in [1.54, 1.807) is 0 Å². The molecule has 0 aliphatic carbocycles. The number of hydrogen-bond donors (Lipinski definition) is 1. The lowest BCUT2D eigenvalue weighted by molar-refractivity contribution is -0.695. The Kier molecular flexibility index (Phi) is 5.04. The molecule has 2 N–H and O–H groups in total. The number of aryl methyl sites for hydroxylation is 1. The second kappa shape index (κ2) is 5.55. The van der Waals surface area contributed by atoms with Crippen molar-refractivity contribution < 1.29 is 21.8 Å². The van der Waals surface area contributed by atoms with Gasteiger partial charge < -0.3 is 18.1 Å². The fourth-order valence-corrected chi connectivity index (χ4v) is 0.823. The Balaban J connectivity index is 0.00000121. The molecule has 4 heteroatoms. The van der Waals surface area contributed by atoms with E-state index >= 15 is 0 Å². The van der Waals surface area contributed by atoms with E-state index in [2.05, 4.69) is 0 Å². The summed E-state index contributed by atoms with van der Waals surface area (Å²) in [6.45, 7) is 0.663. The minimum atomic E-state index is -0.263. The van der Waals surface area contributed by atoms with Crippen molar-refractivity contribution in [1.82, 2.24) is 0 Å². The third-order valence-corrected chi connectivity index (χ3v) is 1.39. The Hall–Kier alpha value is -1.09. The molecule has 0 fully saturated rings. The van der Waals surface area contributed by atoms with Gasteiger partial charge in [0, 0.05) is 12.1 Å². The van der Waals surface area contributed by atoms with Gasteiger partial charge in [-0.25, -0.2) is 4.57 Å². The minimum absolute atomic E-state index is 0. The smallest absolute Gasteiger partial charge is 0.223 e. The number of carbonyl (C=O) groups is 1. The highest BCUT2D eigenvalue weighted by Crippen LogP contribution is 1.80. The van der Waals surface area contributed by atoms with Crippen molar-refractivity contribution in [3.05, 3.63) is 30.6 Å². The Labute approximate surface area is 77.6 Å². The molecule has 0 aliphatic rings. The quantitative estimate of drug-likeness (QED) is 0.499. The van der Waals surface area contributed by atoms with Gasteiger partial charge in [-0.2, -0.15) is 0 Å². The van der Waals surface area contributed by atoms with Crippen LogP contribution in [0.3, 0.4) is 0 Å². The average Bonchev–Trinajstić information content (AvgIpc) is 2.03. The van der Waals surface area contributed by atoms with Crippen LogP contribution < -0.4 is 22.7 Å². The highest BCUT2D eigenvalue weighted by atomic mass is 35.5. The zero-order valence-electron chi connectivity index (χ0n) is 6.61. The lowest BCUT2D eigenvalue weighted by Gasteiger charge is -1.91. The Bertz CT molecular complexity index is 238. The molecule has 0 atom stereocenters. The zero-order chi connectivity index (χ0) is 8.10. The molecule has 1 aromatic heterocycles. The summed E-state index contributed by atoms with van der Waals surface area (Å²) >= 11 is 0. The summed E-state index contributed by atoms with van der Waals surface area (Å²) in [5, 5.41) is 0. The molecule has 0 bridgehead atoms. The minimum Gasteiger partial charge on any atom is -1.00 e. The molecule has 0 spiro atoms. The molecule has 0 saturated carbocycles. The Morgan fingerprint density at radius 2 is 1.83 bits per heavy atom. The molecule has 12 heavy (non-hydrogen) atoms. The number of halogens is 1. The summed E-state index contributed by atoms with van der Waals surface area (Å²) in [5.74, 6) is -0.263. The summed E-state index contributed by atoms with van der Waals surface area (Å²) in [6.07, 6.45) is 4.21. The van der Waals surface area contributed by atoms with Crippen molar-refractivity contribution in [2.24, 2.45) is 5.73 Å². The van der Waals surface area contributed by atoms with Crippen molar-refractivity contribution in [3.63, 3.8) is 0 Å². The highest BCUT2D eigenvalue weighted by Gasteiger charge is 2.00. The van der Waals surface area contributed by atoms with Gasteiger partial charge in [-0.1, -0.05) is 6.07 Å². The number of aromatic nitrogens is 1. The summed E-state index contributed by atoms with van der Waals surface area (Å²) in [7, 11) is 0. The third-order valence-electron chi connectivity index (χ3n) is 1.39. The predicted octanol–water partition coefficient (Wildman–Crippen LogP) is -3.15. The van der Waals surface area contributed by atoms with E-state index < -0.39 is 0 Å². The maximum Gasteiger partial charge on any atom is 0.223 e. The van der Waals surface area contributed by atoms with Crippen molar-refractivity contribution in [2.45, 2.75) is 13.0 Å². The van der Waals surface area contributed by atoms with Crippen LogP contribution in [0.15, 0.2) is 30.6 Å². The standard InChI is InChI=1S/C8H10N2O.ClH/c9-8(11)4-7-10-5-2-1-3-6-10;/h1-3,5-6H,4,7H2,(H-,9,11);1H. The van der Waals surface area contributed by atoms with Gasteiger partial charge in [0.05, 0.1) is 6.42 Å². The molecule has 0 radical (unpaired) electrons. The van der Waals surface area contributed by atoms with Crippen molar-refractivity contribution in [1.29, 1.82) is 0 Å². The number of pyridine rings is 1. The van der Waals surface area contributed by atoms with Gasteiger partial charge in [0.15, 0.2) is 18.9 Å². The normalized spacial score (nSPS) is 8.67. The molecule has 66 valence electrons. The summed E-state index contributed by atoms with van der Waals surface area (Å²) in [5.41, 5.74) is 4.99. The predicted molar refractivity (Wildman–Crippen MR) is 40.4 cm³/mol. The molecular weight excluding hydrogens is 176 g/mol. The van der Waals surface area contributed by atoms with Crippen LogP contribution in [0, 0.1) is 0 Å². The first-order chi connectivity index (χ1) is 5.29. The van der Waals surface area contributed by atoms with Crippen molar-refractivity contribution in [2.75, 3.05) is 0 Å². The number of nitrogens with two attached hydrogens (primary N) is 1. The van der Waals surface area contributed by atoms with Gasteiger partial charge in [-0.3, -0.25) is 4.79 Å². The highest BCUT2D eigenvalue weighted by molar-refractivity contribution is 5.73. The van der Waals surface area contributed by atoms with Gasteiger partial charge in [0.1, 0.15) is 0 Å². The van der Waals surface area contributed by atoms with Gasteiger partial charge in [0.2, 0.25) is 5.91 Å². The van der Waals surface area contributed by atoms with Crippen molar-refractivity contribution >= 4 is 5.91 Å². The second-order valence-corrected chi connectivity index (χ2v) is 2.33. The first-order valence-electron chi connectivity index (χ1n) is 3.51. The summed E-state index contributed by atoms with van der Waals surface area (Å²) in [4.78, 5) is 10.4. The first kappa shape index (κ1) is 10.9. The fourth-order valence-electron chi connectivity index (χ4n) is 0.823.